The third kappa shape index (κ3) is 5.74. The Morgan fingerprint density at radius 3 is 2.42 bits per heavy atom. The van der Waals surface area contributed by atoms with E-state index in [2.05, 4.69) is 9.73 Å². The molecule has 168 valence electrons. The fourth-order valence-electron chi connectivity index (χ4n) is 3.01. The molecule has 9 heteroatoms. The van der Waals surface area contributed by atoms with Crippen molar-refractivity contribution in [1.82, 2.24) is 4.90 Å². The highest BCUT2D eigenvalue weighted by atomic mass is 19.4. The van der Waals surface area contributed by atoms with Crippen molar-refractivity contribution in [2.24, 2.45) is 4.99 Å². The minimum atomic E-state index is -4.75. The second-order valence-electron chi connectivity index (χ2n) is 7.40. The van der Waals surface area contributed by atoms with Crippen LogP contribution in [0, 0.1) is 12.7 Å². The van der Waals surface area contributed by atoms with E-state index >= 15 is 0 Å². The van der Waals surface area contributed by atoms with Crippen molar-refractivity contribution in [2.45, 2.75) is 32.4 Å². The third-order valence-electron chi connectivity index (χ3n) is 5.01. The number of ether oxygens (including phenoxy) is 3. The van der Waals surface area contributed by atoms with E-state index in [1.54, 1.807) is 12.4 Å². The molecule has 0 unspecified atom stereocenters. The number of alkyl halides is 3. The Kier molecular flexibility index (Phi) is 6.86. The Bertz CT molecular complexity index is 926. The fourth-order valence-corrected chi connectivity index (χ4v) is 3.01. The molecule has 1 fully saturated rings. The van der Waals surface area contributed by atoms with Gasteiger partial charge >= 0.3 is 6.36 Å². The predicted molar refractivity (Wildman–Crippen MR) is 108 cm³/mol. The molecule has 1 aliphatic heterocycles. The molecular formula is C22H24F4N2O3. The van der Waals surface area contributed by atoms with Crippen LogP contribution < -0.4 is 4.74 Å². The number of rotatable bonds is 8. The van der Waals surface area contributed by atoms with Crippen LogP contribution in [0.5, 0.6) is 5.75 Å². The number of aryl methyl sites for hydroxylation is 1. The number of hydrogen-bond acceptors (Lipinski definition) is 4. The topological polar surface area (TPSA) is 43.3 Å². The van der Waals surface area contributed by atoms with Crippen molar-refractivity contribution in [3.05, 3.63) is 58.9 Å². The van der Waals surface area contributed by atoms with E-state index in [-0.39, 0.29) is 25.6 Å². The third-order valence-corrected chi connectivity index (χ3v) is 5.01. The molecule has 1 heterocycles. The zero-order chi connectivity index (χ0) is 22.6. The van der Waals surface area contributed by atoms with Crippen LogP contribution in [0.25, 0.3) is 0 Å². The summed E-state index contributed by atoms with van der Waals surface area (Å²) in [6, 6.07) is 8.44. The Labute approximate surface area is 178 Å². The summed E-state index contributed by atoms with van der Waals surface area (Å²) in [4.78, 5) is 6.20. The van der Waals surface area contributed by atoms with E-state index in [9.17, 15) is 17.6 Å². The highest BCUT2D eigenvalue weighted by molar-refractivity contribution is 5.63. The first-order valence-corrected chi connectivity index (χ1v) is 9.73. The predicted octanol–water partition coefficient (Wildman–Crippen LogP) is 5.09. The Morgan fingerprint density at radius 2 is 1.87 bits per heavy atom. The maximum atomic E-state index is 14.9. The Morgan fingerprint density at radius 1 is 1.19 bits per heavy atom. The number of hydrogen-bond donors (Lipinski definition) is 0. The Balaban J connectivity index is 1.74. The molecule has 5 nitrogen and oxygen atoms in total. The van der Waals surface area contributed by atoms with Gasteiger partial charge in [-0.2, -0.15) is 0 Å². The lowest BCUT2D eigenvalue weighted by molar-refractivity contribution is -0.274. The first-order valence-electron chi connectivity index (χ1n) is 9.73. The molecule has 1 aliphatic rings. The molecule has 2 aromatic carbocycles. The summed E-state index contributed by atoms with van der Waals surface area (Å²) < 4.78 is 67.0. The summed E-state index contributed by atoms with van der Waals surface area (Å²) in [7, 11) is 1.87. The molecule has 0 atom stereocenters. The van der Waals surface area contributed by atoms with Crippen molar-refractivity contribution in [2.75, 3.05) is 26.8 Å². The molecule has 0 saturated carbocycles. The summed E-state index contributed by atoms with van der Waals surface area (Å²) in [6.07, 6.45) is -3.10. The van der Waals surface area contributed by atoms with Gasteiger partial charge in [-0.3, -0.25) is 0 Å². The highest BCUT2D eigenvalue weighted by Crippen LogP contribution is 2.38. The number of nitrogens with zero attached hydrogens (tertiary/aromatic N) is 2. The smallest absolute Gasteiger partial charge is 0.406 e. The van der Waals surface area contributed by atoms with Gasteiger partial charge in [0.05, 0.1) is 31.8 Å². The van der Waals surface area contributed by atoms with Gasteiger partial charge in [-0.15, -0.1) is 13.2 Å². The Hall–Kier alpha value is -2.65. The van der Waals surface area contributed by atoms with E-state index in [1.807, 2.05) is 25.8 Å². The molecule has 31 heavy (non-hydrogen) atoms. The van der Waals surface area contributed by atoms with E-state index in [0.717, 1.165) is 12.1 Å². The molecule has 0 amide bonds. The monoisotopic (exact) mass is 440 g/mol. The van der Waals surface area contributed by atoms with E-state index in [4.69, 9.17) is 9.47 Å². The van der Waals surface area contributed by atoms with Gasteiger partial charge in [0.15, 0.2) is 0 Å². The van der Waals surface area contributed by atoms with E-state index in [1.165, 1.54) is 30.3 Å². The van der Waals surface area contributed by atoms with Gasteiger partial charge in [-0.1, -0.05) is 12.1 Å². The SMILES string of the molecule is CCN(C)C=Nc1cc(F)c(C2(OCc3ccc(OC(F)(F)F)cc3)COC2)cc1C. The second-order valence-corrected chi connectivity index (χ2v) is 7.40. The summed E-state index contributed by atoms with van der Waals surface area (Å²) in [5.74, 6) is -0.765. The first kappa shape index (κ1) is 23.0. The number of halogens is 4. The van der Waals surface area contributed by atoms with Crippen LogP contribution in [0.1, 0.15) is 23.6 Å². The van der Waals surface area contributed by atoms with Gasteiger partial charge in [-0.05, 0) is 43.2 Å². The molecule has 0 aromatic heterocycles. The lowest BCUT2D eigenvalue weighted by Gasteiger charge is -2.42. The lowest BCUT2D eigenvalue weighted by atomic mass is 9.89. The maximum absolute atomic E-state index is 14.9. The van der Waals surface area contributed by atoms with E-state index < -0.39 is 17.8 Å². The maximum Gasteiger partial charge on any atom is 0.573 e. The van der Waals surface area contributed by atoms with Crippen LogP contribution in [-0.4, -0.2) is 44.4 Å². The van der Waals surface area contributed by atoms with Gasteiger partial charge in [0, 0.05) is 25.2 Å². The van der Waals surface area contributed by atoms with Crippen LogP contribution in [-0.2, 0) is 21.7 Å². The molecule has 2 aromatic rings. The fraction of sp³-hybridized carbons (Fsp3) is 0.409. The molecular weight excluding hydrogens is 416 g/mol. The average molecular weight is 440 g/mol. The molecule has 0 N–H and O–H groups in total. The highest BCUT2D eigenvalue weighted by Gasteiger charge is 2.44. The van der Waals surface area contributed by atoms with Gasteiger partial charge in [-0.25, -0.2) is 9.38 Å². The minimum absolute atomic E-state index is 0.0787. The second kappa shape index (κ2) is 9.23. The van der Waals surface area contributed by atoms with Crippen LogP contribution in [0.15, 0.2) is 41.4 Å². The summed E-state index contributed by atoms with van der Waals surface area (Å²) >= 11 is 0. The standard InChI is InChI=1S/C22H24F4N2O3/c1-4-28(3)14-27-20-10-19(23)18(9-15(20)2)21(12-29-13-21)30-11-16-5-7-17(8-6-16)31-22(24,25)26/h5-10,14H,4,11-13H2,1-3H3. The van der Waals surface area contributed by atoms with Gasteiger partial charge < -0.3 is 19.1 Å². The van der Waals surface area contributed by atoms with Crippen molar-refractivity contribution < 1.29 is 31.8 Å². The van der Waals surface area contributed by atoms with Crippen LogP contribution in [0.4, 0.5) is 23.2 Å². The lowest BCUT2D eigenvalue weighted by Crippen LogP contribution is -2.49. The van der Waals surface area contributed by atoms with Gasteiger partial charge in [0.2, 0.25) is 0 Å². The van der Waals surface area contributed by atoms with E-state index in [0.29, 0.717) is 16.8 Å². The van der Waals surface area contributed by atoms with Crippen LogP contribution in [0.3, 0.4) is 0 Å². The number of aliphatic imine (C=N–C) groups is 1. The summed E-state index contributed by atoms with van der Waals surface area (Å²) in [5.41, 5.74) is 1.36. The van der Waals surface area contributed by atoms with Crippen molar-refractivity contribution >= 4 is 12.0 Å². The normalized spacial score (nSPS) is 15.7. The zero-order valence-corrected chi connectivity index (χ0v) is 17.5. The quantitative estimate of drug-likeness (QED) is 0.326. The van der Waals surface area contributed by atoms with Crippen molar-refractivity contribution in [3.8, 4) is 5.75 Å². The minimum Gasteiger partial charge on any atom is -0.406 e. The molecule has 0 radical (unpaired) electrons. The molecule has 0 spiro atoms. The van der Waals surface area contributed by atoms with Crippen LogP contribution >= 0.6 is 0 Å². The molecule has 1 saturated heterocycles. The van der Waals surface area contributed by atoms with Crippen molar-refractivity contribution in [1.29, 1.82) is 0 Å². The van der Waals surface area contributed by atoms with Crippen molar-refractivity contribution in [3.63, 3.8) is 0 Å². The van der Waals surface area contributed by atoms with Gasteiger partial charge in [0.25, 0.3) is 0 Å². The largest absolute Gasteiger partial charge is 0.573 e. The van der Waals surface area contributed by atoms with Gasteiger partial charge in [0.1, 0.15) is 17.2 Å². The first-order chi connectivity index (χ1) is 14.6. The average Bonchev–Trinajstić information content (AvgIpc) is 2.68. The molecule has 3 rings (SSSR count). The molecule has 0 aliphatic carbocycles. The summed E-state index contributed by atoms with van der Waals surface area (Å²) in [6.45, 7) is 5.04. The van der Waals surface area contributed by atoms with Crippen LogP contribution in [0.2, 0.25) is 0 Å². The zero-order valence-electron chi connectivity index (χ0n) is 17.5. The molecule has 0 bridgehead atoms. The summed E-state index contributed by atoms with van der Waals surface area (Å²) in [5, 5.41) is 0. The number of benzene rings is 2.